The van der Waals surface area contributed by atoms with E-state index in [0.717, 1.165) is 19.4 Å². The Kier molecular flexibility index (Phi) is 2.30. The van der Waals surface area contributed by atoms with Crippen molar-refractivity contribution in [2.24, 2.45) is 0 Å². The zero-order valence-electron chi connectivity index (χ0n) is 8.38. The molecule has 0 aromatic rings. The maximum absolute atomic E-state index is 11.9. The molecule has 3 heteroatoms. The first-order valence-electron chi connectivity index (χ1n) is 5.04. The van der Waals surface area contributed by atoms with E-state index in [1.165, 1.54) is 12.2 Å². The zero-order valence-corrected chi connectivity index (χ0v) is 9.19. The largest absolute Gasteiger partial charge is 0.336 e. The molecule has 2 rings (SSSR count). The van der Waals surface area contributed by atoms with Crippen molar-refractivity contribution in [3.05, 3.63) is 0 Å². The van der Waals surface area contributed by atoms with Gasteiger partial charge in [0.05, 0.1) is 5.25 Å². The number of amides is 1. The molecular formula is C10H17NOS. The lowest BCUT2D eigenvalue weighted by Crippen LogP contribution is -2.60. The summed E-state index contributed by atoms with van der Waals surface area (Å²) in [6, 6.07) is 0. The Balaban J connectivity index is 1.97. The summed E-state index contributed by atoms with van der Waals surface area (Å²) in [6.45, 7) is 5.30. The van der Waals surface area contributed by atoms with Gasteiger partial charge in [0.25, 0.3) is 0 Å². The van der Waals surface area contributed by atoms with Crippen molar-refractivity contribution in [1.82, 2.24) is 4.90 Å². The molecule has 2 saturated heterocycles. The van der Waals surface area contributed by atoms with Crippen LogP contribution in [0.2, 0.25) is 0 Å². The molecule has 0 bridgehead atoms. The van der Waals surface area contributed by atoms with Crippen molar-refractivity contribution in [3.8, 4) is 0 Å². The van der Waals surface area contributed by atoms with E-state index in [0.29, 0.717) is 5.91 Å². The van der Waals surface area contributed by atoms with E-state index in [9.17, 15) is 4.79 Å². The second-order valence-electron chi connectivity index (χ2n) is 4.55. The molecule has 0 aromatic heterocycles. The van der Waals surface area contributed by atoms with E-state index in [4.69, 9.17) is 0 Å². The van der Waals surface area contributed by atoms with Crippen LogP contribution in [0, 0.1) is 0 Å². The van der Waals surface area contributed by atoms with Gasteiger partial charge in [-0.3, -0.25) is 4.79 Å². The summed E-state index contributed by atoms with van der Waals surface area (Å²) in [5, 5.41) is 0.277. The van der Waals surface area contributed by atoms with Gasteiger partial charge in [0.2, 0.25) is 5.91 Å². The average Bonchev–Trinajstić information content (AvgIpc) is 2.54. The Morgan fingerprint density at radius 1 is 1.54 bits per heavy atom. The first-order valence-corrected chi connectivity index (χ1v) is 6.09. The number of rotatable bonds is 1. The van der Waals surface area contributed by atoms with Gasteiger partial charge in [-0.2, -0.15) is 0 Å². The van der Waals surface area contributed by atoms with E-state index in [1.807, 2.05) is 11.8 Å². The molecule has 0 aromatic carbocycles. The van der Waals surface area contributed by atoms with Gasteiger partial charge in [-0.1, -0.05) is 0 Å². The summed E-state index contributed by atoms with van der Waals surface area (Å²) in [4.78, 5) is 14.0. The Labute approximate surface area is 84.1 Å². The molecule has 2 aliphatic rings. The van der Waals surface area contributed by atoms with Crippen LogP contribution in [-0.2, 0) is 4.79 Å². The molecule has 0 spiro atoms. The molecule has 0 aliphatic carbocycles. The molecule has 0 saturated carbocycles. The maximum Gasteiger partial charge on any atom is 0.236 e. The van der Waals surface area contributed by atoms with Crippen molar-refractivity contribution in [2.75, 3.05) is 12.3 Å². The fourth-order valence-corrected chi connectivity index (χ4v) is 3.25. The molecule has 2 aliphatic heterocycles. The topological polar surface area (TPSA) is 20.3 Å². The van der Waals surface area contributed by atoms with Gasteiger partial charge in [0.15, 0.2) is 0 Å². The van der Waals surface area contributed by atoms with Crippen LogP contribution in [0.1, 0.15) is 33.1 Å². The lowest BCUT2D eigenvalue weighted by Gasteiger charge is -2.49. The van der Waals surface area contributed by atoms with Gasteiger partial charge in [-0.15, -0.1) is 11.8 Å². The quantitative estimate of drug-likeness (QED) is 0.643. The average molecular weight is 199 g/mol. The minimum absolute atomic E-state index is 0.139. The lowest BCUT2D eigenvalue weighted by molar-refractivity contribution is -0.143. The second-order valence-corrected chi connectivity index (χ2v) is 5.86. The fourth-order valence-electron chi connectivity index (χ4n) is 2.03. The number of hydrogen-bond acceptors (Lipinski definition) is 2. The number of carbonyl (C=O) groups excluding carboxylic acids is 1. The predicted octanol–water partition coefficient (Wildman–Crippen LogP) is 1.89. The van der Waals surface area contributed by atoms with Crippen molar-refractivity contribution < 1.29 is 4.79 Å². The van der Waals surface area contributed by atoms with Crippen LogP contribution in [0.25, 0.3) is 0 Å². The van der Waals surface area contributed by atoms with Gasteiger partial charge in [-0.05, 0) is 38.9 Å². The highest BCUT2D eigenvalue weighted by molar-refractivity contribution is 8.00. The number of carbonyl (C=O) groups is 1. The highest BCUT2D eigenvalue weighted by Crippen LogP contribution is 2.35. The van der Waals surface area contributed by atoms with Gasteiger partial charge in [0.1, 0.15) is 0 Å². The Morgan fingerprint density at radius 2 is 2.31 bits per heavy atom. The molecule has 2 heterocycles. The molecule has 1 unspecified atom stereocenters. The summed E-state index contributed by atoms with van der Waals surface area (Å²) in [7, 11) is 0. The number of hydrogen-bond donors (Lipinski definition) is 0. The third-order valence-corrected chi connectivity index (χ3v) is 4.51. The van der Waals surface area contributed by atoms with Crippen molar-refractivity contribution in [3.63, 3.8) is 0 Å². The van der Waals surface area contributed by atoms with Gasteiger partial charge in [-0.25, -0.2) is 0 Å². The van der Waals surface area contributed by atoms with Crippen LogP contribution >= 0.6 is 11.8 Å². The Bertz CT molecular complexity index is 221. The molecular weight excluding hydrogens is 182 g/mol. The van der Waals surface area contributed by atoms with E-state index in [2.05, 4.69) is 18.7 Å². The molecule has 1 amide bonds. The van der Waals surface area contributed by atoms with Crippen LogP contribution in [0.4, 0.5) is 0 Å². The van der Waals surface area contributed by atoms with Crippen LogP contribution < -0.4 is 0 Å². The van der Waals surface area contributed by atoms with Crippen molar-refractivity contribution in [1.29, 1.82) is 0 Å². The monoisotopic (exact) mass is 199 g/mol. The minimum atomic E-state index is 0.139. The molecule has 74 valence electrons. The number of likely N-dealkylation sites (tertiary alicyclic amines) is 1. The molecule has 1 atom stereocenters. The minimum Gasteiger partial charge on any atom is -0.336 e. The summed E-state index contributed by atoms with van der Waals surface area (Å²) < 4.78 is 0. The van der Waals surface area contributed by atoms with Crippen LogP contribution in [0.3, 0.4) is 0 Å². The zero-order chi connectivity index (χ0) is 9.47. The third-order valence-electron chi connectivity index (χ3n) is 3.15. The van der Waals surface area contributed by atoms with Crippen LogP contribution in [0.15, 0.2) is 0 Å². The maximum atomic E-state index is 11.9. The van der Waals surface area contributed by atoms with Crippen molar-refractivity contribution in [2.45, 2.75) is 43.9 Å². The predicted molar refractivity (Wildman–Crippen MR) is 55.9 cm³/mol. The van der Waals surface area contributed by atoms with E-state index in [-0.39, 0.29) is 10.8 Å². The highest BCUT2D eigenvalue weighted by atomic mass is 32.2. The summed E-state index contributed by atoms with van der Waals surface area (Å²) in [5.41, 5.74) is 0.139. The highest BCUT2D eigenvalue weighted by Gasteiger charge is 2.42. The second kappa shape index (κ2) is 3.19. The Hall–Kier alpha value is -0.180. The molecule has 0 radical (unpaired) electrons. The standard InChI is InChI=1S/C10H17NOS/c1-10(2)5-6-11(10)9(12)8-4-3-7-13-8/h8H,3-7H2,1-2H3. The normalized spacial score (nSPS) is 31.5. The van der Waals surface area contributed by atoms with E-state index < -0.39 is 0 Å². The van der Waals surface area contributed by atoms with Gasteiger partial charge in [0, 0.05) is 12.1 Å². The van der Waals surface area contributed by atoms with E-state index in [1.54, 1.807) is 0 Å². The molecule has 0 N–H and O–H groups in total. The van der Waals surface area contributed by atoms with Gasteiger partial charge >= 0.3 is 0 Å². The first kappa shape index (κ1) is 9.38. The third kappa shape index (κ3) is 1.58. The lowest BCUT2D eigenvalue weighted by atomic mass is 9.88. The SMILES string of the molecule is CC1(C)CCN1C(=O)C1CCCS1. The number of thioether (sulfide) groups is 1. The molecule has 2 fully saturated rings. The number of nitrogens with zero attached hydrogens (tertiary/aromatic N) is 1. The first-order chi connectivity index (χ1) is 6.11. The molecule has 13 heavy (non-hydrogen) atoms. The van der Waals surface area contributed by atoms with E-state index >= 15 is 0 Å². The smallest absolute Gasteiger partial charge is 0.236 e. The van der Waals surface area contributed by atoms with Gasteiger partial charge < -0.3 is 4.90 Å². The van der Waals surface area contributed by atoms with Crippen LogP contribution in [-0.4, -0.2) is 33.9 Å². The molecule has 2 nitrogen and oxygen atoms in total. The summed E-state index contributed by atoms with van der Waals surface area (Å²) in [5.74, 6) is 1.56. The summed E-state index contributed by atoms with van der Waals surface area (Å²) >= 11 is 1.84. The Morgan fingerprint density at radius 3 is 2.69 bits per heavy atom. The van der Waals surface area contributed by atoms with Crippen LogP contribution in [0.5, 0.6) is 0 Å². The fraction of sp³-hybridized carbons (Fsp3) is 0.900. The summed E-state index contributed by atoms with van der Waals surface area (Å²) in [6.07, 6.45) is 3.47. The van der Waals surface area contributed by atoms with Crippen molar-refractivity contribution >= 4 is 17.7 Å².